The van der Waals surface area contributed by atoms with Crippen LogP contribution in [0.3, 0.4) is 0 Å². The third-order valence-corrected chi connectivity index (χ3v) is 6.98. The highest BCUT2D eigenvalue weighted by molar-refractivity contribution is 5.79. The molecule has 1 aliphatic heterocycles. The van der Waals surface area contributed by atoms with Crippen molar-refractivity contribution in [3.63, 3.8) is 0 Å². The van der Waals surface area contributed by atoms with Gasteiger partial charge in [-0.25, -0.2) is 0 Å². The predicted molar refractivity (Wildman–Crippen MR) is 132 cm³/mol. The van der Waals surface area contributed by atoms with Crippen molar-refractivity contribution in [1.82, 2.24) is 15.1 Å². The molecule has 1 N–H and O–H groups in total. The molecule has 1 amide bonds. The quantitative estimate of drug-likeness (QED) is 0.632. The lowest BCUT2D eigenvalue weighted by atomic mass is 9.87. The number of carbonyl (C=O) groups excluding carboxylic acids is 1. The fraction of sp³-hybridized carbons (Fsp3) is 0.370. The zero-order valence-electron chi connectivity index (χ0n) is 19.4. The number of carbonyl (C=O) groups is 1. The number of amides is 1. The van der Waals surface area contributed by atoms with Crippen LogP contribution in [-0.2, 0) is 11.2 Å². The summed E-state index contributed by atoms with van der Waals surface area (Å²) >= 11 is 0. The highest BCUT2D eigenvalue weighted by Crippen LogP contribution is 2.30. The summed E-state index contributed by atoms with van der Waals surface area (Å²) < 4.78 is 6.61. The van der Waals surface area contributed by atoms with Gasteiger partial charge in [0.1, 0.15) is 11.6 Å². The van der Waals surface area contributed by atoms with Crippen molar-refractivity contribution in [1.29, 1.82) is 0 Å². The molecule has 7 nitrogen and oxygen atoms in total. The van der Waals surface area contributed by atoms with Crippen molar-refractivity contribution in [3.05, 3.63) is 82.1 Å². The van der Waals surface area contributed by atoms with Crippen LogP contribution in [0.25, 0.3) is 5.69 Å². The molecule has 5 rings (SSSR count). The van der Waals surface area contributed by atoms with E-state index in [-0.39, 0.29) is 23.4 Å². The summed E-state index contributed by atoms with van der Waals surface area (Å²) in [7, 11) is 1.61. The Morgan fingerprint density at radius 2 is 1.76 bits per heavy atom. The Hall–Kier alpha value is -3.61. The van der Waals surface area contributed by atoms with Crippen molar-refractivity contribution in [3.8, 4) is 11.4 Å². The van der Waals surface area contributed by atoms with Crippen molar-refractivity contribution in [2.45, 2.75) is 38.1 Å². The summed E-state index contributed by atoms with van der Waals surface area (Å²) in [6, 6.07) is 19.1. The number of hydrogen-bond donors (Lipinski definition) is 1. The largest absolute Gasteiger partial charge is 0.497 e. The van der Waals surface area contributed by atoms with Crippen molar-refractivity contribution in [2.24, 2.45) is 5.92 Å². The first-order chi connectivity index (χ1) is 16.6. The monoisotopic (exact) mass is 458 g/mol. The summed E-state index contributed by atoms with van der Waals surface area (Å²) in [6.07, 6.45) is 4.73. The predicted octanol–water partition coefficient (Wildman–Crippen LogP) is 3.65. The summed E-state index contributed by atoms with van der Waals surface area (Å²) in [5, 5.41) is 7.92. The topological polar surface area (TPSA) is 76.5 Å². The molecular weight excluding hydrogens is 428 g/mol. The van der Waals surface area contributed by atoms with Crippen LogP contribution in [-0.4, -0.2) is 35.9 Å². The van der Waals surface area contributed by atoms with E-state index in [1.807, 2.05) is 24.3 Å². The standard InChI is InChI=1S/C27H30N4O3/c1-34-22-11-9-21(10-12-22)31-26(32)14-13-25(29-31)30-17-15-20(16-18-30)27(33)28-24-8-4-6-19-5-2-3-7-23(19)24/h2-3,5,7,9-14,20,24H,4,6,8,15-18H2,1H3,(H,28,33). The van der Waals surface area contributed by atoms with Gasteiger partial charge in [0.2, 0.25) is 5.91 Å². The Balaban J connectivity index is 1.23. The van der Waals surface area contributed by atoms with Gasteiger partial charge >= 0.3 is 0 Å². The van der Waals surface area contributed by atoms with Gasteiger partial charge in [-0.15, -0.1) is 5.10 Å². The number of ether oxygens (including phenoxy) is 1. The van der Waals surface area contributed by atoms with Gasteiger partial charge in [0.25, 0.3) is 5.56 Å². The van der Waals surface area contributed by atoms with Crippen LogP contribution in [0.2, 0.25) is 0 Å². The van der Waals surface area contributed by atoms with E-state index in [9.17, 15) is 9.59 Å². The molecule has 1 fully saturated rings. The molecular formula is C27H30N4O3. The smallest absolute Gasteiger partial charge is 0.271 e. The molecule has 0 bridgehead atoms. The van der Waals surface area contributed by atoms with Crippen LogP contribution < -0.4 is 20.5 Å². The number of aromatic nitrogens is 2. The second-order valence-electron chi connectivity index (χ2n) is 9.05. The zero-order valence-corrected chi connectivity index (χ0v) is 19.4. The van der Waals surface area contributed by atoms with Crippen molar-refractivity contribution < 1.29 is 9.53 Å². The number of aryl methyl sites for hydroxylation is 1. The van der Waals surface area contributed by atoms with E-state index >= 15 is 0 Å². The summed E-state index contributed by atoms with van der Waals surface area (Å²) in [4.78, 5) is 27.6. The summed E-state index contributed by atoms with van der Waals surface area (Å²) in [5.74, 6) is 1.62. The molecule has 1 saturated heterocycles. The van der Waals surface area contributed by atoms with Gasteiger partial charge in [0.05, 0.1) is 18.8 Å². The first kappa shape index (κ1) is 22.2. The number of anilines is 1. The molecule has 2 heterocycles. The van der Waals surface area contributed by atoms with Gasteiger partial charge in [0, 0.05) is 25.1 Å². The number of hydrogen-bond acceptors (Lipinski definition) is 5. The summed E-state index contributed by atoms with van der Waals surface area (Å²) in [5.41, 5.74) is 3.13. The van der Waals surface area contributed by atoms with Gasteiger partial charge in [-0.3, -0.25) is 9.59 Å². The van der Waals surface area contributed by atoms with E-state index < -0.39 is 0 Å². The molecule has 2 aliphatic rings. The molecule has 1 aromatic heterocycles. The number of benzene rings is 2. The highest BCUT2D eigenvalue weighted by Gasteiger charge is 2.29. The first-order valence-corrected chi connectivity index (χ1v) is 12.0. The molecule has 3 aromatic rings. The Morgan fingerprint density at radius 1 is 1.00 bits per heavy atom. The van der Waals surface area contributed by atoms with Gasteiger partial charge in [-0.2, -0.15) is 4.68 Å². The number of fused-ring (bicyclic) bond motifs is 1. The SMILES string of the molecule is COc1ccc(-n2nc(N3CCC(C(=O)NC4CCCc5ccccc54)CC3)ccc2=O)cc1. The molecule has 0 spiro atoms. The number of rotatable bonds is 5. The Labute approximate surface area is 199 Å². The summed E-state index contributed by atoms with van der Waals surface area (Å²) in [6.45, 7) is 1.46. The van der Waals surface area contributed by atoms with E-state index in [0.29, 0.717) is 5.69 Å². The van der Waals surface area contributed by atoms with Crippen LogP contribution in [0.4, 0.5) is 5.82 Å². The molecule has 1 atom stereocenters. The van der Waals surface area contributed by atoms with Crippen LogP contribution in [0.5, 0.6) is 5.75 Å². The number of methoxy groups -OCH3 is 1. The minimum absolute atomic E-state index is 0.00201. The van der Waals surface area contributed by atoms with Gasteiger partial charge < -0.3 is 15.0 Å². The second-order valence-corrected chi connectivity index (χ2v) is 9.05. The molecule has 1 aliphatic carbocycles. The van der Waals surface area contributed by atoms with Gasteiger partial charge in [-0.05, 0) is 73.6 Å². The van der Waals surface area contributed by atoms with Gasteiger partial charge in [0.15, 0.2) is 0 Å². The maximum Gasteiger partial charge on any atom is 0.271 e. The molecule has 176 valence electrons. The van der Waals surface area contributed by atoms with Crippen molar-refractivity contribution >= 4 is 11.7 Å². The molecule has 0 saturated carbocycles. The van der Waals surface area contributed by atoms with E-state index in [0.717, 1.165) is 56.8 Å². The van der Waals surface area contributed by atoms with E-state index in [1.54, 1.807) is 19.2 Å². The first-order valence-electron chi connectivity index (χ1n) is 12.0. The molecule has 1 unspecified atom stereocenters. The maximum atomic E-state index is 13.1. The second kappa shape index (κ2) is 9.71. The number of piperidine rings is 1. The third-order valence-electron chi connectivity index (χ3n) is 6.98. The third kappa shape index (κ3) is 4.55. The maximum absolute atomic E-state index is 13.1. The lowest BCUT2D eigenvalue weighted by Crippen LogP contribution is -2.42. The minimum Gasteiger partial charge on any atom is -0.497 e. The number of nitrogens with zero attached hydrogens (tertiary/aromatic N) is 3. The molecule has 7 heteroatoms. The fourth-order valence-corrected chi connectivity index (χ4v) is 5.04. The van der Waals surface area contributed by atoms with Gasteiger partial charge in [-0.1, -0.05) is 24.3 Å². The Morgan fingerprint density at radius 3 is 2.53 bits per heavy atom. The Bertz CT molecular complexity index is 1210. The molecule has 0 radical (unpaired) electrons. The lowest BCUT2D eigenvalue weighted by molar-refractivity contribution is -0.126. The normalized spacial score (nSPS) is 18.3. The fourth-order valence-electron chi connectivity index (χ4n) is 5.04. The van der Waals surface area contributed by atoms with E-state index in [4.69, 9.17) is 4.74 Å². The van der Waals surface area contributed by atoms with Crippen LogP contribution in [0.15, 0.2) is 65.5 Å². The van der Waals surface area contributed by atoms with Crippen LogP contribution >= 0.6 is 0 Å². The Kier molecular flexibility index (Phi) is 6.34. The van der Waals surface area contributed by atoms with E-state index in [2.05, 4.69) is 39.6 Å². The van der Waals surface area contributed by atoms with Crippen LogP contribution in [0, 0.1) is 5.92 Å². The average molecular weight is 459 g/mol. The lowest BCUT2D eigenvalue weighted by Gasteiger charge is -2.34. The number of nitrogens with one attached hydrogen (secondary N) is 1. The van der Waals surface area contributed by atoms with E-state index in [1.165, 1.54) is 15.8 Å². The minimum atomic E-state index is -0.184. The average Bonchev–Trinajstić information content (AvgIpc) is 2.89. The molecule has 2 aromatic carbocycles. The molecule has 34 heavy (non-hydrogen) atoms. The zero-order chi connectivity index (χ0) is 23.5. The highest BCUT2D eigenvalue weighted by atomic mass is 16.5. The van der Waals surface area contributed by atoms with Crippen molar-refractivity contribution in [2.75, 3.05) is 25.1 Å². The van der Waals surface area contributed by atoms with Crippen LogP contribution in [0.1, 0.15) is 42.9 Å².